The third-order valence-electron chi connectivity index (χ3n) is 4.63. The highest BCUT2D eigenvalue weighted by Crippen LogP contribution is 2.27. The minimum atomic E-state index is -0.604. The SMILES string of the molecule is COc1ccc(N2C[C@@H](C(=O)OCC(=O)Nc3ccc(Br)c(C)c3)CC2=O)cc1. The van der Waals surface area contributed by atoms with Crippen LogP contribution in [0.5, 0.6) is 5.75 Å². The van der Waals surface area contributed by atoms with Gasteiger partial charge in [-0.1, -0.05) is 15.9 Å². The predicted octanol–water partition coefficient (Wildman–Crippen LogP) is 3.30. The van der Waals surface area contributed by atoms with E-state index < -0.39 is 24.4 Å². The van der Waals surface area contributed by atoms with E-state index in [1.165, 1.54) is 4.90 Å². The largest absolute Gasteiger partial charge is 0.497 e. The fourth-order valence-electron chi connectivity index (χ4n) is 3.05. The van der Waals surface area contributed by atoms with Crippen molar-refractivity contribution in [2.24, 2.45) is 5.92 Å². The molecule has 0 bridgehead atoms. The van der Waals surface area contributed by atoms with Gasteiger partial charge in [0.2, 0.25) is 5.91 Å². The van der Waals surface area contributed by atoms with Gasteiger partial charge in [0.1, 0.15) is 5.75 Å². The molecular formula is C21H21BrN2O5. The lowest BCUT2D eigenvalue weighted by Crippen LogP contribution is -2.28. The molecule has 1 saturated heterocycles. The van der Waals surface area contributed by atoms with Gasteiger partial charge >= 0.3 is 5.97 Å². The quantitative estimate of drug-likeness (QED) is 0.668. The second-order valence-electron chi connectivity index (χ2n) is 6.72. The minimum absolute atomic E-state index is 0.0540. The van der Waals surface area contributed by atoms with E-state index in [0.717, 1.165) is 10.0 Å². The number of anilines is 2. The maximum absolute atomic E-state index is 12.3. The second-order valence-corrected chi connectivity index (χ2v) is 7.58. The van der Waals surface area contributed by atoms with Gasteiger partial charge in [0.05, 0.1) is 13.0 Å². The summed E-state index contributed by atoms with van der Waals surface area (Å²) in [5, 5.41) is 2.68. The fourth-order valence-corrected chi connectivity index (χ4v) is 3.30. The number of ether oxygens (including phenoxy) is 2. The van der Waals surface area contributed by atoms with Gasteiger partial charge in [-0.15, -0.1) is 0 Å². The maximum atomic E-state index is 12.3. The number of methoxy groups -OCH3 is 1. The van der Waals surface area contributed by atoms with Gasteiger partial charge in [-0.3, -0.25) is 14.4 Å². The summed E-state index contributed by atoms with van der Waals surface area (Å²) in [6, 6.07) is 12.4. The molecule has 0 aromatic heterocycles. The van der Waals surface area contributed by atoms with E-state index in [0.29, 0.717) is 17.1 Å². The van der Waals surface area contributed by atoms with Gasteiger partial charge < -0.3 is 19.7 Å². The Balaban J connectivity index is 1.52. The smallest absolute Gasteiger partial charge is 0.311 e. The van der Waals surface area contributed by atoms with Crippen molar-refractivity contribution in [1.29, 1.82) is 0 Å². The number of nitrogens with zero attached hydrogens (tertiary/aromatic N) is 1. The average Bonchev–Trinajstić information content (AvgIpc) is 3.11. The van der Waals surface area contributed by atoms with Crippen molar-refractivity contribution in [3.05, 3.63) is 52.5 Å². The number of nitrogens with one attached hydrogen (secondary N) is 1. The Kier molecular flexibility index (Phi) is 6.53. The van der Waals surface area contributed by atoms with Crippen LogP contribution in [0, 0.1) is 12.8 Å². The Bertz CT molecular complexity index is 929. The lowest BCUT2D eigenvalue weighted by atomic mass is 10.1. The summed E-state index contributed by atoms with van der Waals surface area (Å²) >= 11 is 3.40. The summed E-state index contributed by atoms with van der Waals surface area (Å²) in [5.41, 5.74) is 2.28. The summed E-state index contributed by atoms with van der Waals surface area (Å²) < 4.78 is 11.2. The van der Waals surface area contributed by atoms with Crippen molar-refractivity contribution in [2.75, 3.05) is 30.5 Å². The Labute approximate surface area is 177 Å². The normalized spacial score (nSPS) is 15.9. The van der Waals surface area contributed by atoms with Crippen LogP contribution in [0.3, 0.4) is 0 Å². The molecule has 2 amide bonds. The first kappa shape index (κ1) is 20.9. The van der Waals surface area contributed by atoms with E-state index in [-0.39, 0.29) is 18.9 Å². The lowest BCUT2D eigenvalue weighted by molar-refractivity contribution is -0.151. The molecule has 1 N–H and O–H groups in total. The predicted molar refractivity (Wildman–Crippen MR) is 112 cm³/mol. The zero-order chi connectivity index (χ0) is 21.0. The number of carbonyl (C=O) groups excluding carboxylic acids is 3. The topological polar surface area (TPSA) is 84.9 Å². The highest BCUT2D eigenvalue weighted by Gasteiger charge is 2.36. The van der Waals surface area contributed by atoms with E-state index >= 15 is 0 Å². The number of carbonyl (C=O) groups is 3. The molecule has 1 aliphatic heterocycles. The molecule has 29 heavy (non-hydrogen) atoms. The lowest BCUT2D eigenvalue weighted by Gasteiger charge is -2.17. The third kappa shape index (κ3) is 5.14. The van der Waals surface area contributed by atoms with Gasteiger partial charge in [0, 0.05) is 28.8 Å². The number of amides is 2. The number of hydrogen-bond acceptors (Lipinski definition) is 5. The van der Waals surface area contributed by atoms with Gasteiger partial charge in [-0.05, 0) is 55.0 Å². The molecule has 1 aliphatic rings. The van der Waals surface area contributed by atoms with Crippen molar-refractivity contribution in [1.82, 2.24) is 0 Å². The second kappa shape index (κ2) is 9.09. The molecule has 3 rings (SSSR count). The van der Waals surface area contributed by atoms with Gasteiger partial charge in [-0.25, -0.2) is 0 Å². The molecule has 152 valence electrons. The first-order valence-corrected chi connectivity index (χ1v) is 9.83. The molecule has 0 radical (unpaired) electrons. The molecule has 2 aromatic carbocycles. The molecule has 1 heterocycles. The monoisotopic (exact) mass is 460 g/mol. The number of halogens is 1. The summed E-state index contributed by atoms with van der Waals surface area (Å²) in [6.07, 6.45) is 0.0540. The van der Waals surface area contributed by atoms with E-state index in [9.17, 15) is 14.4 Å². The molecular weight excluding hydrogens is 440 g/mol. The molecule has 0 aliphatic carbocycles. The molecule has 1 fully saturated rings. The molecule has 0 unspecified atom stereocenters. The van der Waals surface area contributed by atoms with Gasteiger partial charge in [0.25, 0.3) is 5.91 Å². The molecule has 2 aromatic rings. The number of benzene rings is 2. The van der Waals surface area contributed by atoms with Crippen LogP contribution < -0.4 is 15.0 Å². The van der Waals surface area contributed by atoms with Crippen LogP contribution in [0.15, 0.2) is 46.9 Å². The molecule has 7 nitrogen and oxygen atoms in total. The number of esters is 1. The van der Waals surface area contributed by atoms with Crippen molar-refractivity contribution in [3.8, 4) is 5.75 Å². The molecule has 8 heteroatoms. The molecule has 1 atom stereocenters. The Morgan fingerprint density at radius 2 is 1.93 bits per heavy atom. The zero-order valence-corrected chi connectivity index (χ0v) is 17.7. The van der Waals surface area contributed by atoms with Crippen LogP contribution in [0.4, 0.5) is 11.4 Å². The Hall–Kier alpha value is -2.87. The van der Waals surface area contributed by atoms with E-state index in [4.69, 9.17) is 9.47 Å². The van der Waals surface area contributed by atoms with Crippen molar-refractivity contribution in [2.45, 2.75) is 13.3 Å². The zero-order valence-electron chi connectivity index (χ0n) is 16.1. The first-order chi connectivity index (χ1) is 13.9. The Morgan fingerprint density at radius 1 is 1.21 bits per heavy atom. The number of hydrogen-bond donors (Lipinski definition) is 1. The third-order valence-corrected chi connectivity index (χ3v) is 5.52. The highest BCUT2D eigenvalue weighted by atomic mass is 79.9. The highest BCUT2D eigenvalue weighted by molar-refractivity contribution is 9.10. The Morgan fingerprint density at radius 3 is 2.59 bits per heavy atom. The van der Waals surface area contributed by atoms with Crippen LogP contribution in [-0.4, -0.2) is 38.0 Å². The average molecular weight is 461 g/mol. The van der Waals surface area contributed by atoms with Crippen molar-refractivity contribution in [3.63, 3.8) is 0 Å². The summed E-state index contributed by atoms with van der Waals surface area (Å²) in [6.45, 7) is 1.73. The maximum Gasteiger partial charge on any atom is 0.311 e. The van der Waals surface area contributed by atoms with Crippen LogP contribution in [0.2, 0.25) is 0 Å². The van der Waals surface area contributed by atoms with Gasteiger partial charge in [0.15, 0.2) is 6.61 Å². The van der Waals surface area contributed by atoms with Crippen LogP contribution in [0.1, 0.15) is 12.0 Å². The fraction of sp³-hybridized carbons (Fsp3) is 0.286. The van der Waals surface area contributed by atoms with E-state index in [2.05, 4.69) is 21.2 Å². The first-order valence-electron chi connectivity index (χ1n) is 9.04. The van der Waals surface area contributed by atoms with Crippen molar-refractivity contribution >= 4 is 45.1 Å². The summed E-state index contributed by atoms with van der Waals surface area (Å²) in [4.78, 5) is 38.2. The van der Waals surface area contributed by atoms with Crippen LogP contribution in [0.25, 0.3) is 0 Å². The van der Waals surface area contributed by atoms with Gasteiger partial charge in [-0.2, -0.15) is 0 Å². The van der Waals surface area contributed by atoms with E-state index in [1.54, 1.807) is 37.4 Å². The molecule has 0 spiro atoms. The molecule has 0 saturated carbocycles. The number of rotatable bonds is 6. The summed E-state index contributed by atoms with van der Waals surface area (Å²) in [5.74, 6) is -1.07. The van der Waals surface area contributed by atoms with Crippen LogP contribution >= 0.6 is 15.9 Å². The standard InChI is InChI=1S/C21H21BrN2O5/c1-13-9-15(3-8-18(13)22)23-19(25)12-29-21(27)14-10-20(26)24(11-14)16-4-6-17(28-2)7-5-16/h3-9,14H,10-12H2,1-2H3,(H,23,25)/t14-/m0/s1. The number of aryl methyl sites for hydroxylation is 1. The minimum Gasteiger partial charge on any atom is -0.497 e. The van der Waals surface area contributed by atoms with E-state index in [1.807, 2.05) is 19.1 Å². The van der Waals surface area contributed by atoms with Crippen LogP contribution in [-0.2, 0) is 19.1 Å². The summed E-state index contributed by atoms with van der Waals surface area (Å²) in [7, 11) is 1.57. The van der Waals surface area contributed by atoms with Crippen molar-refractivity contribution < 1.29 is 23.9 Å².